The van der Waals surface area contributed by atoms with E-state index >= 15 is 0 Å². The second kappa shape index (κ2) is 5.51. The minimum atomic E-state index is -0.712. The Morgan fingerprint density at radius 2 is 2.05 bits per heavy atom. The first-order valence-corrected chi connectivity index (χ1v) is 6.71. The van der Waals surface area contributed by atoms with E-state index in [1.165, 1.54) is 0 Å². The SMILES string of the molecule is COc1ccc(C(O)c2cccc(OC3CC3)c2)cn1. The molecule has 0 saturated heterocycles. The average Bonchev–Trinajstić information content (AvgIpc) is 3.31. The van der Waals surface area contributed by atoms with Crippen LogP contribution in [0.4, 0.5) is 0 Å². The zero-order valence-corrected chi connectivity index (χ0v) is 11.3. The maximum Gasteiger partial charge on any atom is 0.212 e. The zero-order valence-electron chi connectivity index (χ0n) is 11.3. The molecule has 1 aliphatic carbocycles. The van der Waals surface area contributed by atoms with Crippen molar-refractivity contribution in [3.63, 3.8) is 0 Å². The molecule has 0 bridgehead atoms. The molecule has 1 N–H and O–H groups in total. The Kier molecular flexibility index (Phi) is 3.56. The van der Waals surface area contributed by atoms with Crippen molar-refractivity contribution in [3.05, 3.63) is 53.7 Å². The molecule has 1 heterocycles. The molecule has 4 nitrogen and oxygen atoms in total. The van der Waals surface area contributed by atoms with E-state index < -0.39 is 6.10 Å². The highest BCUT2D eigenvalue weighted by atomic mass is 16.5. The molecule has 1 saturated carbocycles. The maximum atomic E-state index is 10.4. The number of aromatic nitrogens is 1. The average molecular weight is 271 g/mol. The minimum absolute atomic E-state index is 0.352. The highest BCUT2D eigenvalue weighted by molar-refractivity contribution is 5.35. The van der Waals surface area contributed by atoms with Crippen molar-refractivity contribution in [3.8, 4) is 11.6 Å². The number of benzene rings is 1. The quantitative estimate of drug-likeness (QED) is 0.908. The standard InChI is InChI=1S/C16H17NO3/c1-19-15-8-5-12(10-17-15)16(18)11-3-2-4-14(9-11)20-13-6-7-13/h2-5,8-10,13,16,18H,6-7H2,1H3. The number of hydrogen-bond donors (Lipinski definition) is 1. The molecule has 1 aromatic heterocycles. The largest absolute Gasteiger partial charge is 0.490 e. The number of aliphatic hydroxyl groups excluding tert-OH is 1. The van der Waals surface area contributed by atoms with Crippen molar-refractivity contribution in [2.75, 3.05) is 7.11 Å². The van der Waals surface area contributed by atoms with Crippen LogP contribution in [0.15, 0.2) is 42.6 Å². The van der Waals surface area contributed by atoms with E-state index in [9.17, 15) is 5.11 Å². The van der Waals surface area contributed by atoms with Gasteiger partial charge in [0.25, 0.3) is 0 Å². The summed E-state index contributed by atoms with van der Waals surface area (Å²) in [5.74, 6) is 1.34. The van der Waals surface area contributed by atoms with Gasteiger partial charge in [-0.05, 0) is 36.6 Å². The Labute approximate surface area is 118 Å². The van der Waals surface area contributed by atoms with Crippen LogP contribution in [-0.4, -0.2) is 23.3 Å². The van der Waals surface area contributed by atoms with Gasteiger partial charge in [0.15, 0.2) is 0 Å². The van der Waals surface area contributed by atoms with E-state index in [4.69, 9.17) is 9.47 Å². The molecule has 104 valence electrons. The van der Waals surface area contributed by atoms with E-state index in [0.29, 0.717) is 12.0 Å². The molecule has 4 heteroatoms. The van der Waals surface area contributed by atoms with E-state index in [1.807, 2.05) is 30.3 Å². The van der Waals surface area contributed by atoms with Crippen LogP contribution in [0.5, 0.6) is 11.6 Å². The van der Waals surface area contributed by atoms with Gasteiger partial charge in [0.05, 0.1) is 13.2 Å². The number of pyridine rings is 1. The van der Waals surface area contributed by atoms with Crippen molar-refractivity contribution >= 4 is 0 Å². The summed E-state index contributed by atoms with van der Waals surface area (Å²) >= 11 is 0. The number of methoxy groups -OCH3 is 1. The van der Waals surface area contributed by atoms with Gasteiger partial charge in [0.1, 0.15) is 11.9 Å². The zero-order chi connectivity index (χ0) is 13.9. The van der Waals surface area contributed by atoms with Gasteiger partial charge in [-0.25, -0.2) is 4.98 Å². The number of nitrogens with zero attached hydrogens (tertiary/aromatic N) is 1. The summed E-state index contributed by atoms with van der Waals surface area (Å²) in [4.78, 5) is 4.11. The van der Waals surface area contributed by atoms with Crippen molar-refractivity contribution in [1.29, 1.82) is 0 Å². The lowest BCUT2D eigenvalue weighted by molar-refractivity contribution is 0.218. The summed E-state index contributed by atoms with van der Waals surface area (Å²) in [6.07, 6.45) is 3.50. The monoisotopic (exact) mass is 271 g/mol. The lowest BCUT2D eigenvalue weighted by Crippen LogP contribution is -2.02. The van der Waals surface area contributed by atoms with Gasteiger partial charge in [-0.1, -0.05) is 12.1 Å². The van der Waals surface area contributed by atoms with Crippen LogP contribution < -0.4 is 9.47 Å². The van der Waals surface area contributed by atoms with Gasteiger partial charge < -0.3 is 14.6 Å². The number of hydrogen-bond acceptors (Lipinski definition) is 4. The molecule has 0 aliphatic heterocycles. The van der Waals surface area contributed by atoms with Gasteiger partial charge in [-0.15, -0.1) is 0 Å². The fourth-order valence-electron chi connectivity index (χ4n) is 2.00. The third-order valence-electron chi connectivity index (χ3n) is 3.29. The van der Waals surface area contributed by atoms with Crippen molar-refractivity contribution in [2.24, 2.45) is 0 Å². The van der Waals surface area contributed by atoms with Crippen molar-refractivity contribution in [2.45, 2.75) is 25.0 Å². The Morgan fingerprint density at radius 3 is 2.70 bits per heavy atom. The molecular formula is C16H17NO3. The fraction of sp³-hybridized carbons (Fsp3) is 0.312. The minimum Gasteiger partial charge on any atom is -0.490 e. The summed E-state index contributed by atoms with van der Waals surface area (Å²) < 4.78 is 10.8. The maximum absolute atomic E-state index is 10.4. The molecule has 0 spiro atoms. The molecule has 1 aromatic carbocycles. The van der Waals surface area contributed by atoms with Crippen LogP contribution in [0.1, 0.15) is 30.1 Å². The predicted octanol–water partition coefficient (Wildman–Crippen LogP) is 2.71. The third-order valence-corrected chi connectivity index (χ3v) is 3.29. The highest BCUT2D eigenvalue weighted by Crippen LogP contribution is 2.30. The highest BCUT2D eigenvalue weighted by Gasteiger charge is 2.23. The molecule has 1 atom stereocenters. The molecule has 1 unspecified atom stereocenters. The second-order valence-electron chi connectivity index (χ2n) is 4.93. The fourth-order valence-corrected chi connectivity index (χ4v) is 2.00. The summed E-state index contributed by atoms with van der Waals surface area (Å²) in [6, 6.07) is 11.1. The number of aliphatic hydroxyl groups is 1. The Bertz CT molecular complexity index is 579. The first kappa shape index (κ1) is 12.9. The normalized spacial score (nSPS) is 15.7. The molecule has 1 aliphatic rings. The molecule has 2 aromatic rings. The van der Waals surface area contributed by atoms with E-state index in [-0.39, 0.29) is 0 Å². The van der Waals surface area contributed by atoms with Crippen LogP contribution in [0.3, 0.4) is 0 Å². The van der Waals surface area contributed by atoms with E-state index in [2.05, 4.69) is 4.98 Å². The lowest BCUT2D eigenvalue weighted by atomic mass is 10.0. The molecule has 0 amide bonds. The summed E-state index contributed by atoms with van der Waals surface area (Å²) in [5.41, 5.74) is 1.53. The van der Waals surface area contributed by atoms with E-state index in [1.54, 1.807) is 19.4 Å². The van der Waals surface area contributed by atoms with Gasteiger partial charge in [-0.2, -0.15) is 0 Å². The van der Waals surface area contributed by atoms with Crippen molar-refractivity contribution in [1.82, 2.24) is 4.98 Å². The molecular weight excluding hydrogens is 254 g/mol. The third kappa shape index (κ3) is 2.91. The van der Waals surface area contributed by atoms with Crippen LogP contribution in [-0.2, 0) is 0 Å². The predicted molar refractivity (Wildman–Crippen MR) is 74.9 cm³/mol. The van der Waals surface area contributed by atoms with Gasteiger partial charge in [0, 0.05) is 17.8 Å². The summed E-state index contributed by atoms with van der Waals surface area (Å²) in [6.45, 7) is 0. The summed E-state index contributed by atoms with van der Waals surface area (Å²) in [7, 11) is 1.57. The Balaban J connectivity index is 1.79. The number of ether oxygens (including phenoxy) is 2. The Morgan fingerprint density at radius 1 is 1.20 bits per heavy atom. The topological polar surface area (TPSA) is 51.6 Å². The van der Waals surface area contributed by atoms with Crippen LogP contribution in [0.25, 0.3) is 0 Å². The smallest absolute Gasteiger partial charge is 0.212 e. The van der Waals surface area contributed by atoms with Gasteiger partial charge >= 0.3 is 0 Å². The van der Waals surface area contributed by atoms with Crippen LogP contribution >= 0.6 is 0 Å². The number of rotatable bonds is 5. The molecule has 0 radical (unpaired) electrons. The first-order valence-electron chi connectivity index (χ1n) is 6.71. The van der Waals surface area contributed by atoms with Crippen LogP contribution in [0.2, 0.25) is 0 Å². The summed E-state index contributed by atoms with van der Waals surface area (Å²) in [5, 5.41) is 10.4. The molecule has 3 rings (SSSR count). The second-order valence-corrected chi connectivity index (χ2v) is 4.93. The molecule has 20 heavy (non-hydrogen) atoms. The van der Waals surface area contributed by atoms with E-state index in [0.717, 1.165) is 29.7 Å². The molecule has 1 fully saturated rings. The Hall–Kier alpha value is -2.07. The van der Waals surface area contributed by atoms with Crippen molar-refractivity contribution < 1.29 is 14.6 Å². The first-order chi connectivity index (χ1) is 9.76. The van der Waals surface area contributed by atoms with Gasteiger partial charge in [0.2, 0.25) is 5.88 Å². The van der Waals surface area contributed by atoms with Gasteiger partial charge in [-0.3, -0.25) is 0 Å². The lowest BCUT2D eigenvalue weighted by Gasteiger charge is -2.13. The van der Waals surface area contributed by atoms with Crippen LogP contribution in [0, 0.1) is 0 Å².